The van der Waals surface area contributed by atoms with Gasteiger partial charge in [-0.05, 0) is 32.1 Å². The molecule has 0 aromatic carbocycles. The number of nitrogens with one attached hydrogen (secondary N) is 2. The Morgan fingerprint density at radius 1 is 1.31 bits per heavy atom. The first-order valence-electron chi connectivity index (χ1n) is 6.68. The summed E-state index contributed by atoms with van der Waals surface area (Å²) in [6.45, 7) is 6.50. The molecular formula is C13H26N2O. The molecule has 0 aromatic heterocycles. The summed E-state index contributed by atoms with van der Waals surface area (Å²) in [5.41, 5.74) is 0. The van der Waals surface area contributed by atoms with Gasteiger partial charge in [0.2, 0.25) is 0 Å². The van der Waals surface area contributed by atoms with Crippen LogP contribution < -0.4 is 10.6 Å². The Labute approximate surface area is 99.4 Å². The summed E-state index contributed by atoms with van der Waals surface area (Å²) >= 11 is 0. The lowest BCUT2D eigenvalue weighted by Gasteiger charge is -2.19. The molecule has 1 aliphatic carbocycles. The van der Waals surface area contributed by atoms with Gasteiger partial charge < -0.3 is 10.6 Å². The van der Waals surface area contributed by atoms with Gasteiger partial charge >= 0.3 is 6.03 Å². The Bertz CT molecular complexity index is 212. The van der Waals surface area contributed by atoms with Crippen LogP contribution in [0.2, 0.25) is 0 Å². The molecule has 0 aliphatic heterocycles. The third-order valence-electron chi connectivity index (χ3n) is 3.52. The maximum absolute atomic E-state index is 11.7. The molecule has 1 rings (SSSR count). The number of carbonyl (C=O) groups excluding carboxylic acids is 1. The molecule has 3 heteroatoms. The van der Waals surface area contributed by atoms with E-state index in [2.05, 4.69) is 31.4 Å². The molecule has 0 bridgehead atoms. The Kier molecular flexibility index (Phi) is 5.64. The minimum atomic E-state index is 0.0164. The highest BCUT2D eigenvalue weighted by molar-refractivity contribution is 5.74. The van der Waals surface area contributed by atoms with Crippen LogP contribution in [0, 0.1) is 5.92 Å². The van der Waals surface area contributed by atoms with Crippen molar-refractivity contribution >= 4 is 6.03 Å². The zero-order valence-electron chi connectivity index (χ0n) is 10.9. The molecule has 1 saturated carbocycles. The first-order chi connectivity index (χ1) is 7.61. The van der Waals surface area contributed by atoms with Crippen molar-refractivity contribution in [2.45, 2.75) is 71.4 Å². The maximum atomic E-state index is 11.7. The molecule has 1 fully saturated rings. The summed E-state index contributed by atoms with van der Waals surface area (Å²) < 4.78 is 0. The number of amides is 2. The molecule has 0 radical (unpaired) electrons. The fourth-order valence-electron chi connectivity index (χ4n) is 2.35. The quantitative estimate of drug-likeness (QED) is 0.743. The SMILES string of the molecule is CCC(C)CC(C)NC(=O)NC1CCCC1. The van der Waals surface area contributed by atoms with Crippen LogP contribution in [0.1, 0.15) is 59.3 Å². The predicted octanol–water partition coefficient (Wildman–Crippen LogP) is 3.05. The van der Waals surface area contributed by atoms with E-state index >= 15 is 0 Å². The van der Waals surface area contributed by atoms with E-state index in [-0.39, 0.29) is 12.1 Å². The smallest absolute Gasteiger partial charge is 0.315 e. The van der Waals surface area contributed by atoms with Crippen LogP contribution in [0.5, 0.6) is 0 Å². The molecule has 0 saturated heterocycles. The number of hydrogen-bond acceptors (Lipinski definition) is 1. The van der Waals surface area contributed by atoms with Gasteiger partial charge in [-0.25, -0.2) is 4.79 Å². The molecule has 94 valence electrons. The van der Waals surface area contributed by atoms with Crippen molar-refractivity contribution < 1.29 is 4.79 Å². The van der Waals surface area contributed by atoms with Crippen LogP contribution in [-0.4, -0.2) is 18.1 Å². The predicted molar refractivity (Wildman–Crippen MR) is 67.5 cm³/mol. The number of hydrogen-bond donors (Lipinski definition) is 2. The number of urea groups is 1. The van der Waals surface area contributed by atoms with Crippen LogP contribution >= 0.6 is 0 Å². The first-order valence-corrected chi connectivity index (χ1v) is 6.68. The second-order valence-electron chi connectivity index (χ2n) is 5.25. The third-order valence-corrected chi connectivity index (χ3v) is 3.52. The van der Waals surface area contributed by atoms with Gasteiger partial charge in [0, 0.05) is 12.1 Å². The Morgan fingerprint density at radius 3 is 2.50 bits per heavy atom. The average Bonchev–Trinajstić information content (AvgIpc) is 2.69. The highest BCUT2D eigenvalue weighted by Crippen LogP contribution is 2.17. The lowest BCUT2D eigenvalue weighted by molar-refractivity contribution is 0.232. The van der Waals surface area contributed by atoms with Crippen molar-refractivity contribution in [2.75, 3.05) is 0 Å². The Hall–Kier alpha value is -0.730. The molecule has 16 heavy (non-hydrogen) atoms. The lowest BCUT2D eigenvalue weighted by Crippen LogP contribution is -2.44. The Morgan fingerprint density at radius 2 is 1.94 bits per heavy atom. The summed E-state index contributed by atoms with van der Waals surface area (Å²) in [5, 5.41) is 6.07. The van der Waals surface area contributed by atoms with Gasteiger partial charge in [-0.1, -0.05) is 33.1 Å². The molecular weight excluding hydrogens is 200 g/mol. The second-order valence-corrected chi connectivity index (χ2v) is 5.25. The number of carbonyl (C=O) groups is 1. The van der Waals surface area contributed by atoms with Crippen LogP contribution in [0.4, 0.5) is 4.79 Å². The first kappa shape index (κ1) is 13.3. The van der Waals surface area contributed by atoms with Gasteiger partial charge in [-0.3, -0.25) is 0 Å². The molecule has 2 amide bonds. The van der Waals surface area contributed by atoms with E-state index < -0.39 is 0 Å². The standard InChI is InChI=1S/C13H26N2O/c1-4-10(2)9-11(3)14-13(16)15-12-7-5-6-8-12/h10-12H,4-9H2,1-3H3,(H2,14,15,16). The fourth-order valence-corrected chi connectivity index (χ4v) is 2.35. The van der Waals surface area contributed by atoms with Gasteiger partial charge in [-0.2, -0.15) is 0 Å². The van der Waals surface area contributed by atoms with Crippen molar-refractivity contribution in [2.24, 2.45) is 5.92 Å². The summed E-state index contributed by atoms with van der Waals surface area (Å²) in [4.78, 5) is 11.7. The molecule has 3 nitrogen and oxygen atoms in total. The fraction of sp³-hybridized carbons (Fsp3) is 0.923. The van der Waals surface area contributed by atoms with Crippen molar-refractivity contribution in [3.05, 3.63) is 0 Å². The van der Waals surface area contributed by atoms with Crippen molar-refractivity contribution in [1.82, 2.24) is 10.6 Å². The molecule has 2 N–H and O–H groups in total. The van der Waals surface area contributed by atoms with Gasteiger partial charge in [-0.15, -0.1) is 0 Å². The third kappa shape index (κ3) is 4.86. The van der Waals surface area contributed by atoms with E-state index in [1.54, 1.807) is 0 Å². The summed E-state index contributed by atoms with van der Waals surface area (Å²) in [7, 11) is 0. The van der Waals surface area contributed by atoms with Gasteiger partial charge in [0.15, 0.2) is 0 Å². The van der Waals surface area contributed by atoms with Crippen molar-refractivity contribution in [3.63, 3.8) is 0 Å². The molecule has 2 atom stereocenters. The molecule has 1 aliphatic rings. The van der Waals surface area contributed by atoms with E-state index in [4.69, 9.17) is 0 Å². The zero-order chi connectivity index (χ0) is 12.0. The molecule has 0 heterocycles. The molecule has 2 unspecified atom stereocenters. The molecule has 0 spiro atoms. The van der Waals surface area contributed by atoms with E-state index in [1.807, 2.05) is 0 Å². The van der Waals surface area contributed by atoms with Crippen LogP contribution in [-0.2, 0) is 0 Å². The monoisotopic (exact) mass is 226 g/mol. The maximum Gasteiger partial charge on any atom is 0.315 e. The van der Waals surface area contributed by atoms with E-state index in [0.717, 1.165) is 19.3 Å². The summed E-state index contributed by atoms with van der Waals surface area (Å²) in [5.74, 6) is 0.682. The van der Waals surface area contributed by atoms with Crippen LogP contribution in [0.3, 0.4) is 0 Å². The minimum absolute atomic E-state index is 0.0164. The van der Waals surface area contributed by atoms with Gasteiger partial charge in [0.05, 0.1) is 0 Å². The summed E-state index contributed by atoms with van der Waals surface area (Å²) in [6.07, 6.45) is 7.05. The normalized spacial score (nSPS) is 20.4. The number of rotatable bonds is 5. The zero-order valence-corrected chi connectivity index (χ0v) is 10.9. The minimum Gasteiger partial charge on any atom is -0.336 e. The van der Waals surface area contributed by atoms with E-state index in [0.29, 0.717) is 12.0 Å². The van der Waals surface area contributed by atoms with Crippen molar-refractivity contribution in [3.8, 4) is 0 Å². The average molecular weight is 226 g/mol. The van der Waals surface area contributed by atoms with Crippen LogP contribution in [0.15, 0.2) is 0 Å². The van der Waals surface area contributed by atoms with Gasteiger partial charge in [0.1, 0.15) is 0 Å². The van der Waals surface area contributed by atoms with E-state index in [9.17, 15) is 4.79 Å². The van der Waals surface area contributed by atoms with Crippen molar-refractivity contribution in [1.29, 1.82) is 0 Å². The highest BCUT2D eigenvalue weighted by Gasteiger charge is 2.18. The second kappa shape index (κ2) is 6.77. The van der Waals surface area contributed by atoms with Gasteiger partial charge in [0.25, 0.3) is 0 Å². The summed E-state index contributed by atoms with van der Waals surface area (Å²) in [6, 6.07) is 0.704. The van der Waals surface area contributed by atoms with E-state index in [1.165, 1.54) is 19.3 Å². The largest absolute Gasteiger partial charge is 0.336 e. The topological polar surface area (TPSA) is 41.1 Å². The van der Waals surface area contributed by atoms with Crippen LogP contribution in [0.25, 0.3) is 0 Å². The molecule has 0 aromatic rings. The lowest BCUT2D eigenvalue weighted by atomic mass is 10.0. The highest BCUT2D eigenvalue weighted by atomic mass is 16.2. The Balaban J connectivity index is 2.17.